The molecule has 18 heavy (non-hydrogen) atoms. The highest BCUT2D eigenvalue weighted by Gasteiger charge is 2.24. The molecular formula is C14H22N2OS. The monoisotopic (exact) mass is 266 g/mol. The summed E-state index contributed by atoms with van der Waals surface area (Å²) in [6, 6.07) is 0.762. The Kier molecular flexibility index (Phi) is 3.97. The molecule has 2 aliphatic carbocycles. The first-order valence-corrected chi connectivity index (χ1v) is 7.89. The van der Waals surface area contributed by atoms with Crippen molar-refractivity contribution >= 4 is 11.3 Å². The summed E-state index contributed by atoms with van der Waals surface area (Å²) in [4.78, 5) is 6.23. The maximum atomic E-state index is 5.28. The molecule has 3 nitrogen and oxygen atoms in total. The molecular weight excluding hydrogens is 244 g/mol. The summed E-state index contributed by atoms with van der Waals surface area (Å²) in [5, 5.41) is 4.94. The van der Waals surface area contributed by atoms with Crippen LogP contribution in [-0.4, -0.2) is 18.1 Å². The van der Waals surface area contributed by atoms with Crippen LogP contribution in [0.3, 0.4) is 0 Å². The van der Waals surface area contributed by atoms with E-state index in [1.807, 2.05) is 11.3 Å². The van der Waals surface area contributed by atoms with Gasteiger partial charge in [-0.2, -0.15) is 0 Å². The molecule has 0 aliphatic heterocycles. The van der Waals surface area contributed by atoms with E-state index in [1.54, 1.807) is 7.11 Å². The highest BCUT2D eigenvalue weighted by atomic mass is 32.1. The van der Waals surface area contributed by atoms with Crippen molar-refractivity contribution in [3.05, 3.63) is 15.6 Å². The van der Waals surface area contributed by atoms with E-state index >= 15 is 0 Å². The summed E-state index contributed by atoms with van der Waals surface area (Å²) in [5.41, 5.74) is 1.16. The second kappa shape index (κ2) is 5.68. The van der Waals surface area contributed by atoms with Gasteiger partial charge in [-0.3, -0.25) is 0 Å². The van der Waals surface area contributed by atoms with Gasteiger partial charge in [-0.05, 0) is 25.7 Å². The molecule has 0 saturated heterocycles. The topological polar surface area (TPSA) is 34.1 Å². The molecule has 0 radical (unpaired) electrons. The van der Waals surface area contributed by atoms with Crippen molar-refractivity contribution < 1.29 is 4.74 Å². The molecule has 1 aromatic rings. The number of nitrogens with one attached hydrogen (secondary N) is 1. The zero-order valence-corrected chi connectivity index (χ0v) is 11.9. The predicted molar refractivity (Wildman–Crippen MR) is 73.9 cm³/mol. The summed E-state index contributed by atoms with van der Waals surface area (Å²) in [6.45, 7) is 1.64. The molecule has 2 fully saturated rings. The highest BCUT2D eigenvalue weighted by molar-refractivity contribution is 7.11. The minimum absolute atomic E-state index is 0.658. The van der Waals surface area contributed by atoms with Gasteiger partial charge in [0, 0.05) is 30.5 Å². The molecule has 0 aromatic carbocycles. The normalized spacial score (nSPS) is 20.7. The van der Waals surface area contributed by atoms with Gasteiger partial charge in [0.25, 0.3) is 0 Å². The lowest BCUT2D eigenvalue weighted by Crippen LogP contribution is -2.15. The van der Waals surface area contributed by atoms with Gasteiger partial charge in [-0.25, -0.2) is 4.98 Å². The summed E-state index contributed by atoms with van der Waals surface area (Å²) in [7, 11) is 1.76. The number of thiazole rings is 1. The lowest BCUT2D eigenvalue weighted by atomic mass is 10.1. The Bertz CT molecular complexity index is 394. The number of methoxy groups -OCH3 is 1. The van der Waals surface area contributed by atoms with Crippen molar-refractivity contribution in [2.45, 2.75) is 63.6 Å². The van der Waals surface area contributed by atoms with E-state index in [0.717, 1.165) is 24.2 Å². The molecule has 0 amide bonds. The third-order valence-corrected chi connectivity index (χ3v) is 5.17. The van der Waals surface area contributed by atoms with Crippen LogP contribution in [0, 0.1) is 0 Å². The lowest BCUT2D eigenvalue weighted by Gasteiger charge is -2.02. The van der Waals surface area contributed by atoms with Crippen molar-refractivity contribution in [2.75, 3.05) is 7.11 Å². The van der Waals surface area contributed by atoms with Crippen LogP contribution in [0.25, 0.3) is 0 Å². The largest absolute Gasteiger partial charge is 0.378 e. The Morgan fingerprint density at radius 2 is 2.06 bits per heavy atom. The van der Waals surface area contributed by atoms with Crippen LogP contribution >= 0.6 is 11.3 Å². The van der Waals surface area contributed by atoms with Gasteiger partial charge in [0.05, 0.1) is 17.3 Å². The molecule has 2 saturated carbocycles. The van der Waals surface area contributed by atoms with Gasteiger partial charge in [-0.15, -0.1) is 11.3 Å². The fourth-order valence-corrected chi connectivity index (χ4v) is 3.85. The molecule has 0 unspecified atom stereocenters. The van der Waals surface area contributed by atoms with Crippen LogP contribution in [0.4, 0.5) is 0 Å². The van der Waals surface area contributed by atoms with Crippen LogP contribution in [0.5, 0.6) is 0 Å². The van der Waals surface area contributed by atoms with E-state index in [-0.39, 0.29) is 0 Å². The standard InChI is InChI=1S/C14H22N2OS/c1-17-9-12-13(8-15-11-6-7-11)18-14(16-12)10-4-2-3-5-10/h10-11,15H,2-9H2,1H3. The average molecular weight is 266 g/mol. The van der Waals surface area contributed by atoms with Crippen LogP contribution in [0.1, 0.15) is 60.0 Å². The second-order valence-corrected chi connectivity index (χ2v) is 6.61. The number of rotatable bonds is 6. The lowest BCUT2D eigenvalue weighted by molar-refractivity contribution is 0.181. The van der Waals surface area contributed by atoms with Crippen molar-refractivity contribution in [1.29, 1.82) is 0 Å². The number of hydrogen-bond donors (Lipinski definition) is 1. The van der Waals surface area contributed by atoms with E-state index in [2.05, 4.69) is 5.32 Å². The molecule has 2 aliphatic rings. The molecule has 0 spiro atoms. The first-order chi connectivity index (χ1) is 8.86. The Balaban J connectivity index is 1.71. The van der Waals surface area contributed by atoms with Gasteiger partial charge in [0.15, 0.2) is 0 Å². The number of aromatic nitrogens is 1. The van der Waals surface area contributed by atoms with Crippen molar-refractivity contribution in [3.63, 3.8) is 0 Å². The quantitative estimate of drug-likeness (QED) is 0.858. The smallest absolute Gasteiger partial charge is 0.0963 e. The van der Waals surface area contributed by atoms with Gasteiger partial charge in [-0.1, -0.05) is 12.8 Å². The Labute approximate surface area is 113 Å². The maximum absolute atomic E-state index is 5.28. The molecule has 100 valence electrons. The minimum Gasteiger partial charge on any atom is -0.378 e. The summed E-state index contributed by atoms with van der Waals surface area (Å²) in [6.07, 6.45) is 8.09. The zero-order chi connectivity index (χ0) is 12.4. The second-order valence-electron chi connectivity index (χ2n) is 5.49. The Hall–Kier alpha value is -0.450. The minimum atomic E-state index is 0.658. The molecule has 0 atom stereocenters. The number of nitrogens with zero attached hydrogens (tertiary/aromatic N) is 1. The van der Waals surface area contributed by atoms with E-state index in [9.17, 15) is 0 Å². The summed E-state index contributed by atoms with van der Waals surface area (Å²) < 4.78 is 5.28. The van der Waals surface area contributed by atoms with Crippen molar-refractivity contribution in [3.8, 4) is 0 Å². The average Bonchev–Trinajstić information content (AvgIpc) is 2.90. The van der Waals surface area contributed by atoms with Crippen molar-refractivity contribution in [2.24, 2.45) is 0 Å². The first-order valence-electron chi connectivity index (χ1n) is 7.07. The first kappa shape index (κ1) is 12.6. The summed E-state index contributed by atoms with van der Waals surface area (Å²) in [5.74, 6) is 0.722. The fourth-order valence-electron chi connectivity index (χ4n) is 2.66. The summed E-state index contributed by atoms with van der Waals surface area (Å²) >= 11 is 1.91. The van der Waals surface area contributed by atoms with E-state index in [1.165, 1.54) is 48.4 Å². The Morgan fingerprint density at radius 1 is 1.28 bits per heavy atom. The maximum Gasteiger partial charge on any atom is 0.0963 e. The molecule has 1 heterocycles. The SMILES string of the molecule is COCc1nc(C2CCCC2)sc1CNC1CC1. The molecule has 4 heteroatoms. The molecule has 1 N–H and O–H groups in total. The predicted octanol–water partition coefficient (Wildman–Crippen LogP) is 3.20. The molecule has 0 bridgehead atoms. The van der Waals surface area contributed by atoms with E-state index in [4.69, 9.17) is 9.72 Å². The highest BCUT2D eigenvalue weighted by Crippen LogP contribution is 2.37. The van der Waals surface area contributed by atoms with Gasteiger partial charge in [0.2, 0.25) is 0 Å². The zero-order valence-electron chi connectivity index (χ0n) is 11.1. The van der Waals surface area contributed by atoms with Gasteiger partial charge in [0.1, 0.15) is 0 Å². The van der Waals surface area contributed by atoms with E-state index < -0.39 is 0 Å². The number of ether oxygens (including phenoxy) is 1. The fraction of sp³-hybridized carbons (Fsp3) is 0.786. The molecule has 1 aromatic heterocycles. The van der Waals surface area contributed by atoms with Crippen LogP contribution < -0.4 is 5.32 Å². The van der Waals surface area contributed by atoms with Crippen LogP contribution in [0.15, 0.2) is 0 Å². The van der Waals surface area contributed by atoms with Gasteiger partial charge < -0.3 is 10.1 Å². The van der Waals surface area contributed by atoms with Crippen LogP contribution in [-0.2, 0) is 17.9 Å². The third-order valence-electron chi connectivity index (χ3n) is 3.91. The molecule has 3 rings (SSSR count). The van der Waals surface area contributed by atoms with Crippen molar-refractivity contribution in [1.82, 2.24) is 10.3 Å². The van der Waals surface area contributed by atoms with Gasteiger partial charge >= 0.3 is 0 Å². The van der Waals surface area contributed by atoms with Crippen LogP contribution in [0.2, 0.25) is 0 Å². The third kappa shape index (κ3) is 2.92. The van der Waals surface area contributed by atoms with E-state index in [0.29, 0.717) is 6.61 Å². The number of hydrogen-bond acceptors (Lipinski definition) is 4. The Morgan fingerprint density at radius 3 is 2.72 bits per heavy atom.